The molecule has 1 N–H and O–H groups in total. The Hall–Kier alpha value is -2.24. The number of hydrogen-bond donors (Lipinski definition) is 1. The fourth-order valence-corrected chi connectivity index (χ4v) is 3.52. The van der Waals surface area contributed by atoms with Gasteiger partial charge in [0.2, 0.25) is 0 Å². The maximum absolute atomic E-state index is 14.0. The van der Waals surface area contributed by atoms with E-state index in [-0.39, 0.29) is 17.2 Å². The Morgan fingerprint density at radius 1 is 1.32 bits per heavy atom. The van der Waals surface area contributed by atoms with Crippen LogP contribution in [-0.2, 0) is 7.05 Å². The van der Waals surface area contributed by atoms with Crippen LogP contribution in [0.15, 0.2) is 24.4 Å². The van der Waals surface area contributed by atoms with E-state index >= 15 is 0 Å². The fraction of sp³-hybridized carbons (Fsp3) is 0.474. The predicted octanol–water partition coefficient (Wildman–Crippen LogP) is 4.07. The molecule has 0 spiro atoms. The molecular weight excluding hydrogens is 324 g/mol. The van der Waals surface area contributed by atoms with Gasteiger partial charge in [-0.25, -0.2) is 8.78 Å². The fourth-order valence-electron chi connectivity index (χ4n) is 3.52. The van der Waals surface area contributed by atoms with E-state index in [2.05, 4.69) is 10.4 Å². The van der Waals surface area contributed by atoms with Gasteiger partial charge >= 0.3 is 0 Å². The second kappa shape index (κ2) is 7.76. The second-order valence-electron chi connectivity index (χ2n) is 6.74. The lowest BCUT2D eigenvalue weighted by atomic mass is 10.0. The number of aryl methyl sites for hydroxylation is 1. The standard InChI is InChI=1S/C19H23F2N3O/c1-24-12-16(18(23-24)15-9-8-14(20)11-17(15)21)19(25)22-10-4-7-13-5-2-3-6-13/h8-9,11-13H,2-7,10H2,1H3,(H,22,25). The largest absolute Gasteiger partial charge is 0.352 e. The maximum atomic E-state index is 14.0. The number of halogens is 2. The van der Waals surface area contributed by atoms with E-state index in [0.717, 1.165) is 30.9 Å². The van der Waals surface area contributed by atoms with Gasteiger partial charge < -0.3 is 5.32 Å². The van der Waals surface area contributed by atoms with Crippen LogP contribution in [-0.4, -0.2) is 22.2 Å². The van der Waals surface area contributed by atoms with Crippen molar-refractivity contribution in [2.75, 3.05) is 6.54 Å². The number of benzene rings is 1. The van der Waals surface area contributed by atoms with Crippen molar-refractivity contribution < 1.29 is 13.6 Å². The Bertz CT molecular complexity index is 751. The molecule has 2 aromatic rings. The average molecular weight is 347 g/mol. The monoisotopic (exact) mass is 347 g/mol. The summed E-state index contributed by atoms with van der Waals surface area (Å²) >= 11 is 0. The average Bonchev–Trinajstić information content (AvgIpc) is 3.21. The summed E-state index contributed by atoms with van der Waals surface area (Å²) in [6.45, 7) is 0.593. The Balaban J connectivity index is 1.66. The number of nitrogens with zero attached hydrogens (tertiary/aromatic N) is 2. The van der Waals surface area contributed by atoms with Crippen LogP contribution in [0.1, 0.15) is 48.9 Å². The Morgan fingerprint density at radius 3 is 2.80 bits per heavy atom. The van der Waals surface area contributed by atoms with Gasteiger partial charge in [0, 0.05) is 31.4 Å². The summed E-state index contributed by atoms with van der Waals surface area (Å²) in [4.78, 5) is 12.5. The second-order valence-corrected chi connectivity index (χ2v) is 6.74. The van der Waals surface area contributed by atoms with Gasteiger partial charge in [-0.3, -0.25) is 9.48 Å². The molecule has 0 atom stereocenters. The zero-order valence-electron chi connectivity index (χ0n) is 14.4. The van der Waals surface area contributed by atoms with Gasteiger partial charge in [0.25, 0.3) is 5.91 Å². The summed E-state index contributed by atoms with van der Waals surface area (Å²) in [7, 11) is 1.67. The number of aromatic nitrogens is 2. The minimum absolute atomic E-state index is 0.123. The molecule has 0 bridgehead atoms. The van der Waals surface area contributed by atoms with Crippen LogP contribution in [0.3, 0.4) is 0 Å². The van der Waals surface area contributed by atoms with Gasteiger partial charge in [0.05, 0.1) is 5.56 Å². The van der Waals surface area contributed by atoms with E-state index in [1.165, 1.54) is 36.4 Å². The summed E-state index contributed by atoms with van der Waals surface area (Å²) in [6.07, 6.45) is 8.86. The van der Waals surface area contributed by atoms with Crippen molar-refractivity contribution in [1.29, 1.82) is 0 Å². The molecule has 0 saturated heterocycles. The molecule has 1 fully saturated rings. The number of nitrogens with one attached hydrogen (secondary N) is 1. The number of rotatable bonds is 6. The highest BCUT2D eigenvalue weighted by atomic mass is 19.1. The molecule has 1 heterocycles. The van der Waals surface area contributed by atoms with Crippen LogP contribution >= 0.6 is 0 Å². The van der Waals surface area contributed by atoms with Gasteiger partial charge in [-0.2, -0.15) is 5.10 Å². The van der Waals surface area contributed by atoms with Crippen molar-refractivity contribution in [2.45, 2.75) is 38.5 Å². The quantitative estimate of drug-likeness (QED) is 0.801. The van der Waals surface area contributed by atoms with E-state index in [1.54, 1.807) is 13.2 Å². The summed E-state index contributed by atoms with van der Waals surface area (Å²) in [5.74, 6) is -0.874. The summed E-state index contributed by atoms with van der Waals surface area (Å²) in [5, 5.41) is 7.07. The molecule has 4 nitrogen and oxygen atoms in total. The minimum atomic E-state index is -0.728. The molecule has 0 aliphatic heterocycles. The lowest BCUT2D eigenvalue weighted by Crippen LogP contribution is -2.25. The van der Waals surface area contributed by atoms with E-state index < -0.39 is 11.6 Å². The highest BCUT2D eigenvalue weighted by molar-refractivity contribution is 5.99. The summed E-state index contributed by atoms with van der Waals surface area (Å²) < 4.78 is 28.6. The maximum Gasteiger partial charge on any atom is 0.255 e. The molecule has 1 aromatic heterocycles. The zero-order valence-corrected chi connectivity index (χ0v) is 14.4. The van der Waals surface area contributed by atoms with Gasteiger partial charge in [0.1, 0.15) is 17.3 Å². The Labute approximate surface area is 146 Å². The highest BCUT2D eigenvalue weighted by Gasteiger charge is 2.20. The van der Waals surface area contributed by atoms with Crippen molar-refractivity contribution in [3.05, 3.63) is 41.6 Å². The van der Waals surface area contributed by atoms with Crippen LogP contribution in [0.25, 0.3) is 11.3 Å². The smallest absolute Gasteiger partial charge is 0.255 e. The van der Waals surface area contributed by atoms with E-state index in [0.29, 0.717) is 12.1 Å². The highest BCUT2D eigenvalue weighted by Crippen LogP contribution is 2.28. The zero-order chi connectivity index (χ0) is 17.8. The molecule has 1 aromatic carbocycles. The van der Waals surface area contributed by atoms with Crippen molar-refractivity contribution >= 4 is 5.91 Å². The van der Waals surface area contributed by atoms with Gasteiger partial charge in [-0.05, 0) is 30.9 Å². The van der Waals surface area contributed by atoms with Crippen LogP contribution in [0, 0.1) is 17.6 Å². The number of carbonyl (C=O) groups is 1. The molecule has 0 radical (unpaired) electrons. The third-order valence-electron chi connectivity index (χ3n) is 4.81. The van der Waals surface area contributed by atoms with E-state index in [1.807, 2.05) is 0 Å². The molecule has 3 rings (SSSR count). The molecule has 1 amide bonds. The van der Waals surface area contributed by atoms with Crippen LogP contribution < -0.4 is 5.32 Å². The van der Waals surface area contributed by atoms with Crippen LogP contribution in [0.5, 0.6) is 0 Å². The first-order valence-corrected chi connectivity index (χ1v) is 8.82. The molecule has 6 heteroatoms. The molecular formula is C19H23F2N3O. The van der Waals surface area contributed by atoms with Crippen molar-refractivity contribution in [2.24, 2.45) is 13.0 Å². The Morgan fingerprint density at radius 2 is 2.08 bits per heavy atom. The van der Waals surface area contributed by atoms with Gasteiger partial charge in [-0.1, -0.05) is 25.7 Å². The molecule has 0 unspecified atom stereocenters. The Kier molecular flexibility index (Phi) is 5.46. The first-order chi connectivity index (χ1) is 12.0. The summed E-state index contributed by atoms with van der Waals surface area (Å²) in [6, 6.07) is 3.27. The van der Waals surface area contributed by atoms with Crippen molar-refractivity contribution in [1.82, 2.24) is 15.1 Å². The minimum Gasteiger partial charge on any atom is -0.352 e. The predicted molar refractivity (Wildman–Crippen MR) is 92.1 cm³/mol. The van der Waals surface area contributed by atoms with Crippen LogP contribution in [0.4, 0.5) is 8.78 Å². The lowest BCUT2D eigenvalue weighted by Gasteiger charge is -2.09. The molecule has 25 heavy (non-hydrogen) atoms. The lowest BCUT2D eigenvalue weighted by molar-refractivity contribution is 0.0953. The number of hydrogen-bond acceptors (Lipinski definition) is 2. The van der Waals surface area contributed by atoms with Crippen molar-refractivity contribution in [3.8, 4) is 11.3 Å². The summed E-state index contributed by atoms with van der Waals surface area (Å²) in [5.41, 5.74) is 0.653. The number of amides is 1. The molecule has 1 saturated carbocycles. The topological polar surface area (TPSA) is 46.9 Å². The normalized spacial score (nSPS) is 14.8. The molecule has 1 aliphatic carbocycles. The molecule has 134 valence electrons. The molecule has 1 aliphatic rings. The van der Waals surface area contributed by atoms with Gasteiger partial charge in [0.15, 0.2) is 0 Å². The third kappa shape index (κ3) is 4.24. The van der Waals surface area contributed by atoms with Crippen molar-refractivity contribution in [3.63, 3.8) is 0 Å². The van der Waals surface area contributed by atoms with E-state index in [4.69, 9.17) is 0 Å². The third-order valence-corrected chi connectivity index (χ3v) is 4.81. The first-order valence-electron chi connectivity index (χ1n) is 8.82. The van der Waals surface area contributed by atoms with E-state index in [9.17, 15) is 13.6 Å². The van der Waals surface area contributed by atoms with Gasteiger partial charge in [-0.15, -0.1) is 0 Å². The first kappa shape index (κ1) is 17.6. The number of carbonyl (C=O) groups excluding carboxylic acids is 1. The van der Waals surface area contributed by atoms with Crippen LogP contribution in [0.2, 0.25) is 0 Å². The SMILES string of the molecule is Cn1cc(C(=O)NCCCC2CCCC2)c(-c2ccc(F)cc2F)n1.